The van der Waals surface area contributed by atoms with Crippen molar-refractivity contribution >= 4 is 40.5 Å². The van der Waals surface area contributed by atoms with Gasteiger partial charge in [0.15, 0.2) is 0 Å². The number of anilines is 1. The molecular formula is C47H51N5O7. The molecule has 3 fully saturated rings. The first-order chi connectivity index (χ1) is 28.6. The van der Waals surface area contributed by atoms with Gasteiger partial charge in [-0.15, -0.1) is 0 Å². The zero-order valence-electron chi connectivity index (χ0n) is 33.4. The van der Waals surface area contributed by atoms with Crippen molar-refractivity contribution in [3.63, 3.8) is 0 Å². The molecule has 1 unspecified atom stereocenters. The van der Waals surface area contributed by atoms with Crippen molar-refractivity contribution in [3.8, 4) is 17.2 Å². The van der Waals surface area contributed by atoms with Crippen molar-refractivity contribution in [2.45, 2.75) is 45.1 Å². The second kappa shape index (κ2) is 17.5. The Kier molecular flexibility index (Phi) is 11.8. The molecule has 12 nitrogen and oxygen atoms in total. The molecule has 4 aromatic rings. The number of carbonyl (C=O) groups is 4. The Morgan fingerprint density at radius 1 is 0.695 bits per heavy atom. The van der Waals surface area contributed by atoms with Gasteiger partial charge in [-0.05, 0) is 127 Å². The first-order valence-electron chi connectivity index (χ1n) is 20.8. The van der Waals surface area contributed by atoms with Crippen LogP contribution in [0.15, 0.2) is 91.0 Å². The number of carbonyl (C=O) groups excluding carboxylic acids is 4. The van der Waals surface area contributed by atoms with Crippen LogP contribution in [0.2, 0.25) is 0 Å². The molecule has 4 amide bonds. The van der Waals surface area contributed by atoms with Crippen molar-refractivity contribution in [2.24, 2.45) is 5.92 Å². The molecule has 0 aliphatic carbocycles. The van der Waals surface area contributed by atoms with Crippen molar-refractivity contribution in [2.75, 3.05) is 63.9 Å². The maximum Gasteiger partial charge on any atom is 0.262 e. The molecule has 0 bridgehead atoms. The number of hydrogen-bond acceptors (Lipinski definition) is 10. The van der Waals surface area contributed by atoms with Gasteiger partial charge >= 0.3 is 0 Å². The lowest BCUT2D eigenvalue weighted by atomic mass is 9.88. The Morgan fingerprint density at radius 3 is 1.93 bits per heavy atom. The van der Waals surface area contributed by atoms with Crippen molar-refractivity contribution in [1.29, 1.82) is 0 Å². The predicted octanol–water partition coefficient (Wildman–Crippen LogP) is 5.78. The highest BCUT2D eigenvalue weighted by Gasteiger charge is 2.45. The van der Waals surface area contributed by atoms with Gasteiger partial charge in [0.1, 0.15) is 29.9 Å². The third-order valence-corrected chi connectivity index (χ3v) is 12.2. The van der Waals surface area contributed by atoms with Gasteiger partial charge in [0.05, 0.1) is 11.1 Å². The molecule has 3 N–H and O–H groups in total. The first kappa shape index (κ1) is 39.8. The summed E-state index contributed by atoms with van der Waals surface area (Å²) >= 11 is 0. The standard InChI is InChI=1S/C47H51N5O7/c1-2-39(32-3-10-36(53)11-4-32)44(33-5-12-37(54)13-6-33)34-7-14-38(15-8-34)59-28-27-49-21-19-31(20-22-49)30-50-23-25-51(26-24-50)35-9-16-40-41(29-35)47(58)52(46(40)57)42-17-18-43(55)48-45(42)56/h3-16,29,31,42,53-54H,2,17-28,30H2,1H3,(H,48,55,56). The minimum absolute atomic E-state index is 0.0970. The SMILES string of the molecule is CCC(=C(c1ccc(O)cc1)c1ccc(OCCN2CCC(CN3CCN(c4ccc5c(c4)C(=O)N(C4CCC(=O)NC4=O)C5=O)CC3)CC2)cc1)c1ccc(O)cc1. The van der Waals surface area contributed by atoms with E-state index < -0.39 is 23.8 Å². The smallest absolute Gasteiger partial charge is 0.262 e. The number of likely N-dealkylation sites (tertiary alicyclic amines) is 1. The summed E-state index contributed by atoms with van der Waals surface area (Å²) in [5.41, 5.74) is 6.83. The number of fused-ring (bicyclic) bond motifs is 1. The quantitative estimate of drug-likeness (QED) is 0.119. The number of aromatic hydroxyl groups is 2. The average molecular weight is 798 g/mol. The number of phenols is 2. The number of piperidine rings is 2. The summed E-state index contributed by atoms with van der Waals surface area (Å²) in [6.07, 6.45) is 3.32. The van der Waals surface area contributed by atoms with Crippen LogP contribution in [0.4, 0.5) is 5.69 Å². The fourth-order valence-electron chi connectivity index (χ4n) is 8.94. The number of phenolic OH excluding ortho intramolecular Hbond substituents is 2. The topological polar surface area (TPSA) is 143 Å². The highest BCUT2D eigenvalue weighted by atomic mass is 16.5. The molecule has 4 aliphatic heterocycles. The predicted molar refractivity (Wildman–Crippen MR) is 225 cm³/mol. The number of rotatable bonds is 12. The van der Waals surface area contributed by atoms with E-state index in [0.29, 0.717) is 23.7 Å². The second-order valence-corrected chi connectivity index (χ2v) is 15.9. The maximum atomic E-state index is 13.3. The van der Waals surface area contributed by atoms with Gasteiger partial charge < -0.3 is 19.8 Å². The highest BCUT2D eigenvalue weighted by Crippen LogP contribution is 2.36. The number of benzene rings is 4. The van der Waals surface area contributed by atoms with E-state index in [0.717, 1.165) is 116 Å². The van der Waals surface area contributed by atoms with Crippen LogP contribution in [0.1, 0.15) is 76.4 Å². The van der Waals surface area contributed by atoms with E-state index >= 15 is 0 Å². The second-order valence-electron chi connectivity index (χ2n) is 15.9. The maximum absolute atomic E-state index is 13.3. The van der Waals surface area contributed by atoms with E-state index in [4.69, 9.17) is 4.74 Å². The van der Waals surface area contributed by atoms with Crippen LogP contribution >= 0.6 is 0 Å². The zero-order valence-corrected chi connectivity index (χ0v) is 33.4. The fraction of sp³-hybridized carbons (Fsp3) is 0.362. The Balaban J connectivity index is 0.791. The van der Waals surface area contributed by atoms with Crippen LogP contribution in [0, 0.1) is 5.92 Å². The largest absolute Gasteiger partial charge is 0.508 e. The lowest BCUT2D eigenvalue weighted by Gasteiger charge is -2.39. The molecule has 306 valence electrons. The number of imide groups is 2. The van der Waals surface area contributed by atoms with E-state index in [2.05, 4.69) is 39.1 Å². The summed E-state index contributed by atoms with van der Waals surface area (Å²) < 4.78 is 6.22. The summed E-state index contributed by atoms with van der Waals surface area (Å²) in [6, 6.07) is 27.2. The van der Waals surface area contributed by atoms with Gasteiger partial charge in [-0.3, -0.25) is 39.2 Å². The highest BCUT2D eigenvalue weighted by molar-refractivity contribution is 6.23. The molecule has 1 atom stereocenters. The summed E-state index contributed by atoms with van der Waals surface area (Å²) in [5.74, 6) is -0.0365. The van der Waals surface area contributed by atoms with Gasteiger partial charge in [-0.2, -0.15) is 0 Å². The molecule has 0 saturated carbocycles. The molecule has 0 aromatic heterocycles. The molecule has 0 spiro atoms. The van der Waals surface area contributed by atoms with Crippen LogP contribution in [-0.4, -0.2) is 114 Å². The summed E-state index contributed by atoms with van der Waals surface area (Å²) in [7, 11) is 0. The Hall–Kier alpha value is -5.98. The number of nitrogens with zero attached hydrogens (tertiary/aromatic N) is 4. The summed E-state index contributed by atoms with van der Waals surface area (Å²) in [4.78, 5) is 58.8. The number of ether oxygens (including phenoxy) is 1. The van der Waals surface area contributed by atoms with E-state index in [1.807, 2.05) is 42.5 Å². The Bertz CT molecular complexity index is 2220. The van der Waals surface area contributed by atoms with E-state index in [9.17, 15) is 29.4 Å². The van der Waals surface area contributed by atoms with Crippen LogP contribution < -0.4 is 15.0 Å². The van der Waals surface area contributed by atoms with Crippen molar-refractivity contribution in [1.82, 2.24) is 20.0 Å². The lowest BCUT2D eigenvalue weighted by Crippen LogP contribution is -2.54. The minimum atomic E-state index is -0.966. The molecule has 59 heavy (non-hydrogen) atoms. The molecule has 12 heteroatoms. The van der Waals surface area contributed by atoms with Gasteiger partial charge in [0, 0.05) is 51.4 Å². The Morgan fingerprint density at radius 2 is 1.31 bits per heavy atom. The summed E-state index contributed by atoms with van der Waals surface area (Å²) in [6.45, 7) is 10.2. The average Bonchev–Trinajstić information content (AvgIpc) is 3.49. The van der Waals surface area contributed by atoms with Gasteiger partial charge in [0.2, 0.25) is 11.8 Å². The molecule has 4 aliphatic rings. The molecular weight excluding hydrogens is 747 g/mol. The normalized spacial score (nSPS) is 19.8. The van der Waals surface area contributed by atoms with Crippen molar-refractivity contribution < 1.29 is 34.1 Å². The monoisotopic (exact) mass is 797 g/mol. The number of hydrogen-bond donors (Lipinski definition) is 3. The fourth-order valence-corrected chi connectivity index (χ4v) is 8.94. The van der Waals surface area contributed by atoms with E-state index in [1.54, 1.807) is 36.4 Å². The van der Waals surface area contributed by atoms with Gasteiger partial charge in [-0.25, -0.2) is 0 Å². The van der Waals surface area contributed by atoms with Crippen LogP contribution in [0.5, 0.6) is 17.2 Å². The number of nitrogens with one attached hydrogen (secondary N) is 1. The van der Waals surface area contributed by atoms with Crippen LogP contribution in [0.25, 0.3) is 11.1 Å². The molecule has 4 aromatic carbocycles. The number of amides is 4. The van der Waals surface area contributed by atoms with Gasteiger partial charge in [0.25, 0.3) is 11.8 Å². The number of allylic oxidation sites excluding steroid dienone is 1. The lowest BCUT2D eigenvalue weighted by molar-refractivity contribution is -0.136. The van der Waals surface area contributed by atoms with Crippen LogP contribution in [0.3, 0.4) is 0 Å². The van der Waals surface area contributed by atoms with Crippen LogP contribution in [-0.2, 0) is 9.59 Å². The third-order valence-electron chi connectivity index (χ3n) is 12.2. The van der Waals surface area contributed by atoms with E-state index in [1.165, 1.54) is 0 Å². The van der Waals surface area contributed by atoms with E-state index in [-0.39, 0.29) is 30.2 Å². The summed E-state index contributed by atoms with van der Waals surface area (Å²) in [5, 5.41) is 22.1. The minimum Gasteiger partial charge on any atom is -0.508 e. The Labute approximate surface area is 344 Å². The molecule has 3 saturated heterocycles. The molecule has 4 heterocycles. The third kappa shape index (κ3) is 8.74. The van der Waals surface area contributed by atoms with Crippen molar-refractivity contribution in [3.05, 3.63) is 119 Å². The van der Waals surface area contributed by atoms with Gasteiger partial charge in [-0.1, -0.05) is 43.3 Å². The first-order valence-corrected chi connectivity index (χ1v) is 20.8. The number of piperazine rings is 1. The zero-order chi connectivity index (χ0) is 41.0. The molecule has 8 rings (SSSR count). The molecule has 0 radical (unpaired) electrons.